The van der Waals surface area contributed by atoms with Crippen molar-refractivity contribution < 1.29 is 19.7 Å². The van der Waals surface area contributed by atoms with Gasteiger partial charge in [-0.3, -0.25) is 4.79 Å². The van der Waals surface area contributed by atoms with Gasteiger partial charge in [-0.05, 0) is 0 Å². The van der Waals surface area contributed by atoms with Gasteiger partial charge in [0.05, 0.1) is 25.6 Å². The summed E-state index contributed by atoms with van der Waals surface area (Å²) in [7, 11) is 1.31. The number of thioether (sulfide) groups is 1. The summed E-state index contributed by atoms with van der Waals surface area (Å²) in [6, 6.07) is 0. The minimum atomic E-state index is -0.746. The maximum atomic E-state index is 10.5. The molecule has 0 aromatic rings. The standard InChI is InChI=1S/C6H12O4S/c1-10-6(9)4-11-3-5(8)2-7/h5,7-8H,2-4H2,1H3. The third kappa shape index (κ3) is 6.15. The molecule has 1 unspecified atom stereocenters. The van der Waals surface area contributed by atoms with E-state index in [0.29, 0.717) is 5.75 Å². The summed E-state index contributed by atoms with van der Waals surface area (Å²) in [5.41, 5.74) is 0. The molecule has 0 amide bonds. The molecule has 0 spiro atoms. The molecule has 0 bridgehead atoms. The van der Waals surface area contributed by atoms with Crippen LogP contribution >= 0.6 is 11.8 Å². The van der Waals surface area contributed by atoms with E-state index in [-0.39, 0.29) is 18.3 Å². The fourth-order valence-electron chi connectivity index (χ4n) is 0.390. The summed E-state index contributed by atoms with van der Waals surface area (Å²) in [6.45, 7) is -0.270. The predicted molar refractivity (Wildman–Crippen MR) is 42.4 cm³/mol. The number of ether oxygens (including phenoxy) is 1. The molecule has 0 heterocycles. The highest BCUT2D eigenvalue weighted by molar-refractivity contribution is 7.99. The number of esters is 1. The molecule has 66 valence electrons. The first-order valence-electron chi connectivity index (χ1n) is 3.14. The molecule has 1 atom stereocenters. The van der Waals surface area contributed by atoms with Crippen LogP contribution in [0, 0.1) is 0 Å². The number of carbonyl (C=O) groups excluding carboxylic acids is 1. The van der Waals surface area contributed by atoms with E-state index in [9.17, 15) is 4.79 Å². The summed E-state index contributed by atoms with van der Waals surface area (Å²) >= 11 is 1.23. The Morgan fingerprint density at radius 2 is 2.36 bits per heavy atom. The van der Waals surface area contributed by atoms with E-state index in [2.05, 4.69) is 4.74 Å². The Balaban J connectivity index is 3.20. The van der Waals surface area contributed by atoms with E-state index in [1.165, 1.54) is 18.9 Å². The molecule has 0 aliphatic heterocycles. The van der Waals surface area contributed by atoms with Crippen molar-refractivity contribution in [3.8, 4) is 0 Å². The molecule has 0 rings (SSSR count). The summed E-state index contributed by atoms with van der Waals surface area (Å²) in [4.78, 5) is 10.5. The summed E-state index contributed by atoms with van der Waals surface area (Å²) in [6.07, 6.45) is -0.746. The van der Waals surface area contributed by atoms with Crippen LogP contribution in [0.25, 0.3) is 0 Å². The number of hydrogen-bond donors (Lipinski definition) is 2. The van der Waals surface area contributed by atoms with Gasteiger partial charge in [0, 0.05) is 5.75 Å². The Morgan fingerprint density at radius 1 is 1.73 bits per heavy atom. The van der Waals surface area contributed by atoms with Crippen molar-refractivity contribution in [2.45, 2.75) is 6.10 Å². The summed E-state index contributed by atoms with van der Waals surface area (Å²) in [5.74, 6) is 0.249. The maximum absolute atomic E-state index is 10.5. The average Bonchev–Trinajstić information content (AvgIpc) is 2.04. The van der Waals surface area contributed by atoms with E-state index < -0.39 is 6.10 Å². The summed E-state index contributed by atoms with van der Waals surface area (Å²) in [5, 5.41) is 17.2. The zero-order chi connectivity index (χ0) is 8.69. The lowest BCUT2D eigenvalue weighted by Gasteiger charge is -2.04. The smallest absolute Gasteiger partial charge is 0.315 e. The van der Waals surface area contributed by atoms with E-state index in [1.54, 1.807) is 0 Å². The molecule has 0 saturated carbocycles. The Kier molecular flexibility index (Phi) is 6.30. The topological polar surface area (TPSA) is 66.8 Å². The molecule has 0 saturated heterocycles. The third-order valence-electron chi connectivity index (χ3n) is 0.969. The summed E-state index contributed by atoms with van der Waals surface area (Å²) < 4.78 is 4.36. The lowest BCUT2D eigenvalue weighted by molar-refractivity contribution is -0.137. The molecule has 0 fully saturated rings. The molecular formula is C6H12O4S. The van der Waals surface area contributed by atoms with Crippen LogP contribution < -0.4 is 0 Å². The minimum Gasteiger partial charge on any atom is -0.468 e. The van der Waals surface area contributed by atoms with Crippen molar-refractivity contribution in [2.75, 3.05) is 25.2 Å². The molecule has 0 aromatic carbocycles. The van der Waals surface area contributed by atoms with Gasteiger partial charge in [0.1, 0.15) is 0 Å². The predicted octanol–water partition coefficient (Wildman–Crippen LogP) is -0.754. The van der Waals surface area contributed by atoms with Gasteiger partial charge in [0.25, 0.3) is 0 Å². The quantitative estimate of drug-likeness (QED) is 0.545. The fraction of sp³-hybridized carbons (Fsp3) is 0.833. The van der Waals surface area contributed by atoms with E-state index in [1.807, 2.05) is 0 Å². The molecule has 11 heavy (non-hydrogen) atoms. The highest BCUT2D eigenvalue weighted by atomic mass is 32.2. The first kappa shape index (κ1) is 10.7. The monoisotopic (exact) mass is 180 g/mol. The lowest BCUT2D eigenvalue weighted by atomic mass is 10.4. The Morgan fingerprint density at radius 3 is 2.82 bits per heavy atom. The van der Waals surface area contributed by atoms with Crippen LogP contribution in [0.15, 0.2) is 0 Å². The average molecular weight is 180 g/mol. The number of carbonyl (C=O) groups is 1. The molecule has 0 aromatic heterocycles. The van der Waals surface area contributed by atoms with Crippen molar-refractivity contribution >= 4 is 17.7 Å². The normalized spacial score (nSPS) is 12.6. The van der Waals surface area contributed by atoms with Gasteiger partial charge in [0.2, 0.25) is 0 Å². The number of rotatable bonds is 5. The van der Waals surface area contributed by atoms with Gasteiger partial charge in [-0.1, -0.05) is 0 Å². The minimum absolute atomic E-state index is 0.216. The van der Waals surface area contributed by atoms with Crippen LogP contribution in [0.1, 0.15) is 0 Å². The Labute approximate surface area is 69.6 Å². The lowest BCUT2D eigenvalue weighted by Crippen LogP contribution is -2.16. The zero-order valence-electron chi connectivity index (χ0n) is 6.32. The maximum Gasteiger partial charge on any atom is 0.315 e. The van der Waals surface area contributed by atoms with Crippen molar-refractivity contribution in [3.05, 3.63) is 0 Å². The molecule has 0 aliphatic rings. The van der Waals surface area contributed by atoms with Crippen molar-refractivity contribution in [2.24, 2.45) is 0 Å². The second kappa shape index (κ2) is 6.45. The molecule has 4 nitrogen and oxygen atoms in total. The fourth-order valence-corrected chi connectivity index (χ4v) is 1.17. The zero-order valence-corrected chi connectivity index (χ0v) is 7.13. The number of aliphatic hydroxyl groups is 2. The van der Waals surface area contributed by atoms with Gasteiger partial charge in [-0.25, -0.2) is 0 Å². The Bertz CT molecular complexity index is 117. The van der Waals surface area contributed by atoms with Crippen molar-refractivity contribution in [3.63, 3.8) is 0 Å². The molecule has 5 heteroatoms. The first-order valence-corrected chi connectivity index (χ1v) is 4.29. The van der Waals surface area contributed by atoms with Crippen LogP contribution in [0.2, 0.25) is 0 Å². The molecule has 0 aliphatic carbocycles. The van der Waals surface area contributed by atoms with Crippen LogP contribution in [0.5, 0.6) is 0 Å². The molecular weight excluding hydrogens is 168 g/mol. The van der Waals surface area contributed by atoms with Crippen LogP contribution in [0.4, 0.5) is 0 Å². The first-order chi connectivity index (χ1) is 5.20. The highest BCUT2D eigenvalue weighted by Crippen LogP contribution is 2.02. The van der Waals surface area contributed by atoms with Gasteiger partial charge in [-0.2, -0.15) is 0 Å². The second-order valence-electron chi connectivity index (χ2n) is 1.93. The number of methoxy groups -OCH3 is 1. The van der Waals surface area contributed by atoms with Gasteiger partial charge in [0.15, 0.2) is 0 Å². The number of hydrogen-bond acceptors (Lipinski definition) is 5. The van der Waals surface area contributed by atoms with Gasteiger partial charge >= 0.3 is 5.97 Å². The van der Waals surface area contributed by atoms with Gasteiger partial charge < -0.3 is 14.9 Å². The number of aliphatic hydroxyl groups excluding tert-OH is 2. The van der Waals surface area contributed by atoms with Crippen molar-refractivity contribution in [1.29, 1.82) is 0 Å². The third-order valence-corrected chi connectivity index (χ3v) is 2.03. The van der Waals surface area contributed by atoms with Gasteiger partial charge in [-0.15, -0.1) is 11.8 Å². The van der Waals surface area contributed by atoms with Crippen molar-refractivity contribution in [1.82, 2.24) is 0 Å². The van der Waals surface area contributed by atoms with Crippen LogP contribution in [-0.4, -0.2) is 47.5 Å². The second-order valence-corrected chi connectivity index (χ2v) is 2.96. The van der Waals surface area contributed by atoms with E-state index in [4.69, 9.17) is 10.2 Å². The van der Waals surface area contributed by atoms with Crippen LogP contribution in [0.3, 0.4) is 0 Å². The largest absolute Gasteiger partial charge is 0.468 e. The SMILES string of the molecule is COC(=O)CSCC(O)CO. The van der Waals surface area contributed by atoms with E-state index >= 15 is 0 Å². The Hall–Kier alpha value is -0.260. The van der Waals surface area contributed by atoms with E-state index in [0.717, 1.165) is 0 Å². The molecule has 0 radical (unpaired) electrons. The molecule has 2 N–H and O–H groups in total. The van der Waals surface area contributed by atoms with Crippen LogP contribution in [-0.2, 0) is 9.53 Å². The highest BCUT2D eigenvalue weighted by Gasteiger charge is 2.04.